The molecule has 0 bridgehead atoms. The molecule has 1 aromatic carbocycles. The average Bonchev–Trinajstić information content (AvgIpc) is 2.55. The second-order valence-corrected chi connectivity index (χ2v) is 6.08. The Balaban J connectivity index is 1.79. The average molecular weight is 267 g/mol. The van der Waals surface area contributed by atoms with Crippen molar-refractivity contribution in [3.63, 3.8) is 0 Å². The molecule has 1 aliphatic heterocycles. The van der Waals surface area contributed by atoms with Crippen molar-refractivity contribution >= 4 is 0 Å². The van der Waals surface area contributed by atoms with Gasteiger partial charge in [-0.1, -0.05) is 48.6 Å². The van der Waals surface area contributed by atoms with Crippen molar-refractivity contribution in [1.29, 1.82) is 0 Å². The van der Waals surface area contributed by atoms with Gasteiger partial charge in [-0.05, 0) is 62.2 Å². The first-order chi connectivity index (χ1) is 9.93. The van der Waals surface area contributed by atoms with Crippen LogP contribution in [0.15, 0.2) is 54.1 Å². The molecule has 0 spiro atoms. The summed E-state index contributed by atoms with van der Waals surface area (Å²) in [4.78, 5) is 0. The van der Waals surface area contributed by atoms with Gasteiger partial charge in [0.25, 0.3) is 0 Å². The maximum absolute atomic E-state index is 3.48. The smallest absolute Gasteiger partial charge is 0.00887 e. The molecule has 0 radical (unpaired) electrons. The molecule has 1 heterocycles. The first kappa shape index (κ1) is 13.6. The summed E-state index contributed by atoms with van der Waals surface area (Å²) in [6, 6.07) is 11.1. The Morgan fingerprint density at radius 1 is 1.05 bits per heavy atom. The standard InChI is InChI=1S/C19H25N/c1-3-7-17(8-4-1)19(18-9-5-2-6-10-18)15-16-11-13-20-14-12-16/h1,3-5,7-10,16,19-20H,2,6,11-15H2. The van der Waals surface area contributed by atoms with E-state index in [1.807, 2.05) is 0 Å². The fraction of sp³-hybridized carbons (Fsp3) is 0.474. The van der Waals surface area contributed by atoms with E-state index in [2.05, 4.69) is 53.9 Å². The van der Waals surface area contributed by atoms with Crippen molar-refractivity contribution in [3.05, 3.63) is 59.7 Å². The zero-order chi connectivity index (χ0) is 13.6. The molecule has 1 saturated heterocycles. The van der Waals surface area contributed by atoms with E-state index in [9.17, 15) is 0 Å². The SMILES string of the molecule is C1=CC(C(CC2CCNCC2)c2ccccc2)=CCC1. The van der Waals surface area contributed by atoms with E-state index in [0.29, 0.717) is 5.92 Å². The lowest BCUT2D eigenvalue weighted by Gasteiger charge is -2.29. The van der Waals surface area contributed by atoms with Gasteiger partial charge in [0, 0.05) is 5.92 Å². The number of hydrogen-bond acceptors (Lipinski definition) is 1. The highest BCUT2D eigenvalue weighted by Gasteiger charge is 2.22. The Morgan fingerprint density at radius 2 is 1.85 bits per heavy atom. The van der Waals surface area contributed by atoms with Gasteiger partial charge in [0.1, 0.15) is 0 Å². The zero-order valence-corrected chi connectivity index (χ0v) is 12.2. The van der Waals surface area contributed by atoms with Crippen LogP contribution in [-0.4, -0.2) is 13.1 Å². The van der Waals surface area contributed by atoms with Crippen LogP contribution in [0.5, 0.6) is 0 Å². The molecule has 0 aromatic heterocycles. The predicted molar refractivity (Wildman–Crippen MR) is 85.9 cm³/mol. The van der Waals surface area contributed by atoms with Crippen molar-refractivity contribution in [2.24, 2.45) is 5.92 Å². The quantitative estimate of drug-likeness (QED) is 0.850. The molecule has 1 fully saturated rings. The lowest BCUT2D eigenvalue weighted by Crippen LogP contribution is -2.28. The topological polar surface area (TPSA) is 12.0 Å². The third-order valence-corrected chi connectivity index (χ3v) is 4.66. The minimum atomic E-state index is 0.593. The highest BCUT2D eigenvalue weighted by Crippen LogP contribution is 2.35. The normalized spacial score (nSPS) is 21.5. The van der Waals surface area contributed by atoms with Gasteiger partial charge in [0.2, 0.25) is 0 Å². The van der Waals surface area contributed by atoms with Gasteiger partial charge in [-0.2, -0.15) is 0 Å². The largest absolute Gasteiger partial charge is 0.317 e. The van der Waals surface area contributed by atoms with E-state index in [-0.39, 0.29) is 0 Å². The van der Waals surface area contributed by atoms with E-state index in [0.717, 1.165) is 5.92 Å². The van der Waals surface area contributed by atoms with E-state index in [1.54, 1.807) is 5.57 Å². The molecule has 1 aliphatic carbocycles. The van der Waals surface area contributed by atoms with Crippen LogP contribution in [0.4, 0.5) is 0 Å². The van der Waals surface area contributed by atoms with E-state index < -0.39 is 0 Å². The highest BCUT2D eigenvalue weighted by molar-refractivity contribution is 5.36. The lowest BCUT2D eigenvalue weighted by atomic mass is 9.79. The van der Waals surface area contributed by atoms with Crippen LogP contribution in [0.3, 0.4) is 0 Å². The molecule has 1 nitrogen and oxygen atoms in total. The fourth-order valence-corrected chi connectivity index (χ4v) is 3.49. The van der Waals surface area contributed by atoms with Crippen LogP contribution < -0.4 is 5.32 Å². The molecule has 0 amide bonds. The zero-order valence-electron chi connectivity index (χ0n) is 12.2. The summed E-state index contributed by atoms with van der Waals surface area (Å²) in [5, 5.41) is 3.48. The Kier molecular flexibility index (Phi) is 4.70. The van der Waals surface area contributed by atoms with Crippen LogP contribution >= 0.6 is 0 Å². The van der Waals surface area contributed by atoms with E-state index in [4.69, 9.17) is 0 Å². The summed E-state index contributed by atoms with van der Waals surface area (Å²) in [6.07, 6.45) is 13.6. The van der Waals surface area contributed by atoms with Crippen molar-refractivity contribution in [2.75, 3.05) is 13.1 Å². The number of allylic oxidation sites excluding steroid dienone is 4. The molecule has 20 heavy (non-hydrogen) atoms. The van der Waals surface area contributed by atoms with Crippen LogP contribution in [-0.2, 0) is 0 Å². The van der Waals surface area contributed by atoms with Crippen molar-refractivity contribution in [1.82, 2.24) is 5.32 Å². The molecule has 3 rings (SSSR count). The van der Waals surface area contributed by atoms with E-state index in [1.165, 1.54) is 50.8 Å². The van der Waals surface area contributed by atoms with Gasteiger partial charge in [0.15, 0.2) is 0 Å². The van der Waals surface area contributed by atoms with Crippen LogP contribution in [0, 0.1) is 5.92 Å². The molecule has 106 valence electrons. The van der Waals surface area contributed by atoms with Gasteiger partial charge < -0.3 is 5.32 Å². The van der Waals surface area contributed by atoms with Crippen LogP contribution in [0.1, 0.15) is 43.6 Å². The number of hydrogen-bond donors (Lipinski definition) is 1. The number of nitrogens with one attached hydrogen (secondary N) is 1. The monoisotopic (exact) mass is 267 g/mol. The Labute approximate surface area is 122 Å². The summed E-state index contributed by atoms with van der Waals surface area (Å²) in [6.45, 7) is 2.39. The van der Waals surface area contributed by atoms with Crippen molar-refractivity contribution in [3.8, 4) is 0 Å². The molecule has 1 aromatic rings. The minimum absolute atomic E-state index is 0.593. The Hall–Kier alpha value is -1.34. The maximum Gasteiger partial charge on any atom is 0.00887 e. The highest BCUT2D eigenvalue weighted by atomic mass is 14.9. The number of piperidine rings is 1. The Morgan fingerprint density at radius 3 is 2.55 bits per heavy atom. The lowest BCUT2D eigenvalue weighted by molar-refractivity contribution is 0.341. The molecule has 0 saturated carbocycles. The molecule has 1 heteroatoms. The van der Waals surface area contributed by atoms with Gasteiger partial charge in [-0.25, -0.2) is 0 Å². The summed E-state index contributed by atoms with van der Waals surface area (Å²) in [7, 11) is 0. The maximum atomic E-state index is 3.48. The first-order valence-corrected chi connectivity index (χ1v) is 8.06. The second-order valence-electron chi connectivity index (χ2n) is 6.08. The second kappa shape index (κ2) is 6.90. The number of benzene rings is 1. The van der Waals surface area contributed by atoms with Crippen molar-refractivity contribution < 1.29 is 0 Å². The molecule has 2 aliphatic rings. The summed E-state index contributed by atoms with van der Waals surface area (Å²) < 4.78 is 0. The van der Waals surface area contributed by atoms with Crippen LogP contribution in [0.25, 0.3) is 0 Å². The first-order valence-electron chi connectivity index (χ1n) is 8.06. The molecule has 1 atom stereocenters. The van der Waals surface area contributed by atoms with Gasteiger partial charge in [-0.15, -0.1) is 0 Å². The third kappa shape index (κ3) is 3.40. The number of rotatable bonds is 4. The van der Waals surface area contributed by atoms with E-state index >= 15 is 0 Å². The molecule has 1 N–H and O–H groups in total. The fourth-order valence-electron chi connectivity index (χ4n) is 3.49. The van der Waals surface area contributed by atoms with Gasteiger partial charge in [-0.3, -0.25) is 0 Å². The molecular formula is C19H25N. The summed E-state index contributed by atoms with van der Waals surface area (Å²) in [5.74, 6) is 1.47. The minimum Gasteiger partial charge on any atom is -0.317 e. The third-order valence-electron chi connectivity index (χ3n) is 4.66. The summed E-state index contributed by atoms with van der Waals surface area (Å²) >= 11 is 0. The van der Waals surface area contributed by atoms with Gasteiger partial charge in [0.05, 0.1) is 0 Å². The van der Waals surface area contributed by atoms with Gasteiger partial charge >= 0.3 is 0 Å². The van der Waals surface area contributed by atoms with Crippen molar-refractivity contribution in [2.45, 2.75) is 38.0 Å². The summed E-state index contributed by atoms with van der Waals surface area (Å²) in [5.41, 5.74) is 3.03. The predicted octanol–water partition coefficient (Wildman–Crippen LogP) is 4.44. The molecule has 1 unspecified atom stereocenters. The molecular weight excluding hydrogens is 242 g/mol. The van der Waals surface area contributed by atoms with Crippen LogP contribution in [0.2, 0.25) is 0 Å². The Bertz CT molecular complexity index is 466.